The molecule has 5 heteroatoms. The van der Waals surface area contributed by atoms with Crippen LogP contribution in [0.4, 0.5) is 5.69 Å². The summed E-state index contributed by atoms with van der Waals surface area (Å²) < 4.78 is 0.945. The molecule has 0 heterocycles. The van der Waals surface area contributed by atoms with Crippen molar-refractivity contribution in [3.8, 4) is 0 Å². The van der Waals surface area contributed by atoms with Gasteiger partial charge in [0.2, 0.25) is 5.91 Å². The number of halogens is 1. The standard InChI is InChI=1S/C14H16BrNO3/c1-8-11(15)3-2-4-12(8)16-13(17)9-5-6-10(7-9)14(18)19/h2-4,9-10H,5-7H2,1H3,(H,16,17)(H,18,19)/t9-,10+/m1/s1. The first-order valence-electron chi connectivity index (χ1n) is 6.28. The Bertz CT molecular complexity index is 515. The van der Waals surface area contributed by atoms with Gasteiger partial charge in [0.15, 0.2) is 0 Å². The largest absolute Gasteiger partial charge is 0.481 e. The first-order valence-corrected chi connectivity index (χ1v) is 7.07. The number of aliphatic carboxylic acids is 1. The number of carbonyl (C=O) groups excluding carboxylic acids is 1. The van der Waals surface area contributed by atoms with Gasteiger partial charge < -0.3 is 10.4 Å². The van der Waals surface area contributed by atoms with Crippen LogP contribution in [0.2, 0.25) is 0 Å². The first-order chi connectivity index (χ1) is 8.99. The van der Waals surface area contributed by atoms with Crippen LogP contribution in [-0.2, 0) is 9.59 Å². The lowest BCUT2D eigenvalue weighted by Gasteiger charge is -2.13. The molecule has 19 heavy (non-hydrogen) atoms. The predicted octanol–water partition coefficient (Wildman–Crippen LogP) is 3.20. The monoisotopic (exact) mass is 325 g/mol. The number of hydrogen-bond donors (Lipinski definition) is 2. The SMILES string of the molecule is Cc1c(Br)cccc1NC(=O)[C@@H]1CC[C@H](C(=O)O)C1. The van der Waals surface area contributed by atoms with Crippen LogP contribution in [0.3, 0.4) is 0 Å². The van der Waals surface area contributed by atoms with Crippen molar-refractivity contribution in [2.24, 2.45) is 11.8 Å². The number of hydrogen-bond acceptors (Lipinski definition) is 2. The summed E-state index contributed by atoms with van der Waals surface area (Å²) in [6.07, 6.45) is 1.68. The Kier molecular flexibility index (Phi) is 4.24. The van der Waals surface area contributed by atoms with Crippen molar-refractivity contribution >= 4 is 33.5 Å². The van der Waals surface area contributed by atoms with Crippen LogP contribution < -0.4 is 5.32 Å². The van der Waals surface area contributed by atoms with Gasteiger partial charge in [-0.1, -0.05) is 22.0 Å². The maximum atomic E-state index is 12.1. The van der Waals surface area contributed by atoms with E-state index in [9.17, 15) is 9.59 Å². The molecule has 0 aromatic heterocycles. The molecule has 4 nitrogen and oxygen atoms in total. The summed E-state index contributed by atoms with van der Waals surface area (Å²) in [6.45, 7) is 1.92. The molecule has 2 atom stereocenters. The number of nitrogens with one attached hydrogen (secondary N) is 1. The highest BCUT2D eigenvalue weighted by Crippen LogP contribution is 2.32. The molecule has 0 spiro atoms. The normalized spacial score (nSPS) is 22.2. The number of carbonyl (C=O) groups is 2. The smallest absolute Gasteiger partial charge is 0.306 e. The average molecular weight is 326 g/mol. The summed E-state index contributed by atoms with van der Waals surface area (Å²) in [4.78, 5) is 23.0. The van der Waals surface area contributed by atoms with Crippen molar-refractivity contribution in [3.05, 3.63) is 28.2 Å². The molecule has 0 unspecified atom stereocenters. The molecular formula is C14H16BrNO3. The summed E-state index contributed by atoms with van der Waals surface area (Å²) >= 11 is 3.42. The number of amides is 1. The third-order valence-corrected chi connectivity index (χ3v) is 4.54. The number of rotatable bonds is 3. The zero-order chi connectivity index (χ0) is 14.0. The fraction of sp³-hybridized carbons (Fsp3) is 0.429. The third-order valence-electron chi connectivity index (χ3n) is 3.68. The highest BCUT2D eigenvalue weighted by Gasteiger charge is 2.33. The maximum Gasteiger partial charge on any atom is 0.306 e. The molecule has 0 bridgehead atoms. The maximum absolute atomic E-state index is 12.1. The second-order valence-corrected chi connectivity index (χ2v) is 5.80. The molecule has 0 radical (unpaired) electrons. The van der Waals surface area contributed by atoms with Crippen LogP contribution >= 0.6 is 15.9 Å². The number of carboxylic acid groups (broad SMARTS) is 1. The van der Waals surface area contributed by atoms with E-state index in [1.165, 1.54) is 0 Å². The fourth-order valence-corrected chi connectivity index (χ4v) is 2.79. The van der Waals surface area contributed by atoms with Gasteiger partial charge in [-0.25, -0.2) is 0 Å². The average Bonchev–Trinajstić information content (AvgIpc) is 2.84. The van der Waals surface area contributed by atoms with Crippen molar-refractivity contribution < 1.29 is 14.7 Å². The minimum atomic E-state index is -0.797. The Labute approximate surface area is 120 Å². The lowest BCUT2D eigenvalue weighted by Crippen LogP contribution is -2.22. The van der Waals surface area contributed by atoms with Gasteiger partial charge in [-0.3, -0.25) is 9.59 Å². The van der Waals surface area contributed by atoms with Gasteiger partial charge in [-0.05, 0) is 43.9 Å². The van der Waals surface area contributed by atoms with Crippen molar-refractivity contribution in [3.63, 3.8) is 0 Å². The zero-order valence-electron chi connectivity index (χ0n) is 10.6. The minimum absolute atomic E-state index is 0.0787. The van der Waals surface area contributed by atoms with Gasteiger partial charge in [0.05, 0.1) is 5.92 Å². The molecule has 0 aliphatic heterocycles. The molecule has 1 fully saturated rings. The van der Waals surface area contributed by atoms with E-state index in [2.05, 4.69) is 21.2 Å². The number of anilines is 1. The molecule has 1 aromatic carbocycles. The Morgan fingerprint density at radius 1 is 1.32 bits per heavy atom. The minimum Gasteiger partial charge on any atom is -0.481 e. The Hall–Kier alpha value is -1.36. The second kappa shape index (κ2) is 5.74. The molecule has 102 valence electrons. The van der Waals surface area contributed by atoms with Crippen LogP contribution in [0.15, 0.2) is 22.7 Å². The Balaban J connectivity index is 2.02. The number of carboxylic acids is 1. The van der Waals surface area contributed by atoms with Crippen LogP contribution in [0.1, 0.15) is 24.8 Å². The molecular weight excluding hydrogens is 310 g/mol. The molecule has 1 saturated carbocycles. The van der Waals surface area contributed by atoms with Gasteiger partial charge in [-0.15, -0.1) is 0 Å². The Morgan fingerprint density at radius 3 is 2.63 bits per heavy atom. The van der Waals surface area contributed by atoms with Crippen molar-refractivity contribution in [1.29, 1.82) is 0 Å². The molecule has 1 aliphatic carbocycles. The molecule has 2 rings (SSSR count). The van der Waals surface area contributed by atoms with E-state index in [0.717, 1.165) is 15.7 Å². The van der Waals surface area contributed by atoms with Crippen LogP contribution in [-0.4, -0.2) is 17.0 Å². The zero-order valence-corrected chi connectivity index (χ0v) is 12.2. The van der Waals surface area contributed by atoms with E-state index < -0.39 is 5.97 Å². The molecule has 2 N–H and O–H groups in total. The van der Waals surface area contributed by atoms with Crippen LogP contribution in [0.5, 0.6) is 0 Å². The summed E-state index contributed by atoms with van der Waals surface area (Å²) in [6, 6.07) is 5.63. The van der Waals surface area contributed by atoms with Crippen molar-refractivity contribution in [2.45, 2.75) is 26.2 Å². The van der Waals surface area contributed by atoms with Crippen molar-refractivity contribution in [2.75, 3.05) is 5.32 Å². The molecule has 1 aromatic rings. The lowest BCUT2D eigenvalue weighted by atomic mass is 10.0. The van der Waals surface area contributed by atoms with Gasteiger partial charge >= 0.3 is 5.97 Å². The number of benzene rings is 1. The highest BCUT2D eigenvalue weighted by molar-refractivity contribution is 9.10. The Morgan fingerprint density at radius 2 is 2.00 bits per heavy atom. The van der Waals surface area contributed by atoms with E-state index in [4.69, 9.17) is 5.11 Å². The van der Waals surface area contributed by atoms with E-state index in [-0.39, 0.29) is 17.7 Å². The third kappa shape index (κ3) is 3.15. The summed E-state index contributed by atoms with van der Waals surface area (Å²) in [5, 5.41) is 11.8. The van der Waals surface area contributed by atoms with Gasteiger partial charge in [-0.2, -0.15) is 0 Å². The van der Waals surface area contributed by atoms with Gasteiger partial charge in [0.1, 0.15) is 0 Å². The van der Waals surface area contributed by atoms with Crippen LogP contribution in [0, 0.1) is 18.8 Å². The van der Waals surface area contributed by atoms with E-state index in [1.54, 1.807) is 0 Å². The van der Waals surface area contributed by atoms with E-state index in [1.807, 2.05) is 25.1 Å². The molecule has 0 saturated heterocycles. The van der Waals surface area contributed by atoms with E-state index >= 15 is 0 Å². The summed E-state index contributed by atoms with van der Waals surface area (Å²) in [5.74, 6) is -1.45. The summed E-state index contributed by atoms with van der Waals surface area (Å²) in [5.41, 5.74) is 1.75. The van der Waals surface area contributed by atoms with Crippen molar-refractivity contribution in [1.82, 2.24) is 0 Å². The van der Waals surface area contributed by atoms with Gasteiger partial charge in [0.25, 0.3) is 0 Å². The predicted molar refractivity (Wildman–Crippen MR) is 76.0 cm³/mol. The van der Waals surface area contributed by atoms with Crippen LogP contribution in [0.25, 0.3) is 0 Å². The summed E-state index contributed by atoms with van der Waals surface area (Å²) in [7, 11) is 0. The quantitative estimate of drug-likeness (QED) is 0.896. The van der Waals surface area contributed by atoms with E-state index in [0.29, 0.717) is 19.3 Å². The fourth-order valence-electron chi connectivity index (χ4n) is 2.42. The van der Waals surface area contributed by atoms with Gasteiger partial charge in [0, 0.05) is 16.1 Å². The first kappa shape index (κ1) is 14.1. The topological polar surface area (TPSA) is 66.4 Å². The molecule has 1 amide bonds. The second-order valence-electron chi connectivity index (χ2n) is 4.95. The highest BCUT2D eigenvalue weighted by atomic mass is 79.9. The lowest BCUT2D eigenvalue weighted by molar-refractivity contribution is -0.141. The molecule has 1 aliphatic rings.